The fourth-order valence-electron chi connectivity index (χ4n) is 1.23. The van der Waals surface area contributed by atoms with Gasteiger partial charge in [-0.15, -0.1) is 0 Å². The van der Waals surface area contributed by atoms with Crippen LogP contribution in [0.2, 0.25) is 5.02 Å². The number of hydrogen-bond donors (Lipinski definition) is 1. The SMILES string of the molecule is CN(C)C(=O)CCOC(=O)c1cc(N)ccc1Cl. The highest BCUT2D eigenvalue weighted by molar-refractivity contribution is 6.33. The van der Waals surface area contributed by atoms with Gasteiger partial charge in [0.05, 0.1) is 17.0 Å². The van der Waals surface area contributed by atoms with Crippen molar-refractivity contribution in [2.45, 2.75) is 6.42 Å². The second-order valence-corrected chi connectivity index (χ2v) is 4.32. The molecule has 0 aromatic heterocycles. The number of esters is 1. The fraction of sp³-hybridized carbons (Fsp3) is 0.333. The Balaban J connectivity index is 2.56. The maximum Gasteiger partial charge on any atom is 0.339 e. The summed E-state index contributed by atoms with van der Waals surface area (Å²) in [6.07, 6.45) is 0.138. The molecule has 0 aliphatic heterocycles. The molecule has 18 heavy (non-hydrogen) atoms. The van der Waals surface area contributed by atoms with Crippen LogP contribution in [0.15, 0.2) is 18.2 Å². The van der Waals surface area contributed by atoms with E-state index in [1.54, 1.807) is 20.2 Å². The maximum atomic E-state index is 11.7. The summed E-state index contributed by atoms with van der Waals surface area (Å²) in [6, 6.07) is 4.56. The van der Waals surface area contributed by atoms with E-state index in [0.29, 0.717) is 5.69 Å². The Morgan fingerprint density at radius 1 is 1.39 bits per heavy atom. The minimum absolute atomic E-state index is 0.0149. The third-order valence-corrected chi connectivity index (χ3v) is 2.59. The molecule has 1 amide bonds. The van der Waals surface area contributed by atoms with E-state index in [4.69, 9.17) is 22.1 Å². The summed E-state index contributed by atoms with van der Waals surface area (Å²) < 4.78 is 4.96. The monoisotopic (exact) mass is 270 g/mol. The predicted molar refractivity (Wildman–Crippen MR) is 69.5 cm³/mol. The van der Waals surface area contributed by atoms with Gasteiger partial charge in [-0.2, -0.15) is 0 Å². The molecule has 98 valence electrons. The van der Waals surface area contributed by atoms with Crippen molar-refractivity contribution in [1.29, 1.82) is 0 Å². The van der Waals surface area contributed by atoms with Gasteiger partial charge in [-0.3, -0.25) is 4.79 Å². The van der Waals surface area contributed by atoms with E-state index >= 15 is 0 Å². The summed E-state index contributed by atoms with van der Waals surface area (Å²) in [5.41, 5.74) is 6.18. The molecule has 0 aliphatic rings. The Hall–Kier alpha value is -1.75. The van der Waals surface area contributed by atoms with Gasteiger partial charge in [0.2, 0.25) is 5.91 Å². The number of carbonyl (C=O) groups is 2. The van der Waals surface area contributed by atoms with Gasteiger partial charge in [-0.05, 0) is 18.2 Å². The van der Waals surface area contributed by atoms with Crippen LogP contribution in [0.3, 0.4) is 0 Å². The van der Waals surface area contributed by atoms with Crippen LogP contribution in [-0.2, 0) is 9.53 Å². The van der Waals surface area contributed by atoms with Crippen LogP contribution in [0.4, 0.5) is 5.69 Å². The van der Waals surface area contributed by atoms with Crippen molar-refractivity contribution in [2.24, 2.45) is 0 Å². The van der Waals surface area contributed by atoms with E-state index in [0.717, 1.165) is 0 Å². The van der Waals surface area contributed by atoms with Crippen molar-refractivity contribution in [3.8, 4) is 0 Å². The number of nitrogens with two attached hydrogens (primary N) is 1. The molecule has 0 fully saturated rings. The molecule has 0 saturated heterocycles. The largest absolute Gasteiger partial charge is 0.462 e. The molecule has 0 aliphatic carbocycles. The van der Waals surface area contributed by atoms with Gasteiger partial charge in [-0.1, -0.05) is 11.6 Å². The standard InChI is InChI=1S/C12H15ClN2O3/c1-15(2)11(16)5-6-18-12(17)9-7-8(14)3-4-10(9)13/h3-4,7H,5-6,14H2,1-2H3. The molecule has 0 saturated carbocycles. The first-order chi connectivity index (χ1) is 8.41. The second-order valence-electron chi connectivity index (χ2n) is 3.91. The van der Waals surface area contributed by atoms with Crippen molar-refractivity contribution in [3.05, 3.63) is 28.8 Å². The molecule has 1 aromatic carbocycles. The number of carbonyl (C=O) groups excluding carboxylic acids is 2. The normalized spacial score (nSPS) is 9.94. The van der Waals surface area contributed by atoms with Gasteiger partial charge >= 0.3 is 5.97 Å². The number of hydrogen-bond acceptors (Lipinski definition) is 4. The fourth-order valence-corrected chi connectivity index (χ4v) is 1.43. The third kappa shape index (κ3) is 3.92. The van der Waals surface area contributed by atoms with Gasteiger partial charge in [0.15, 0.2) is 0 Å². The van der Waals surface area contributed by atoms with Gasteiger partial charge in [-0.25, -0.2) is 4.79 Å². The first-order valence-corrected chi connectivity index (χ1v) is 5.72. The summed E-state index contributed by atoms with van der Waals surface area (Å²) in [4.78, 5) is 24.4. The van der Waals surface area contributed by atoms with Crippen LogP contribution in [0.1, 0.15) is 16.8 Å². The first kappa shape index (κ1) is 14.3. The Labute approximate surface area is 110 Å². The van der Waals surface area contributed by atoms with Crippen LogP contribution in [0.25, 0.3) is 0 Å². The molecule has 0 radical (unpaired) electrons. The molecule has 6 heteroatoms. The number of anilines is 1. The van der Waals surface area contributed by atoms with Crippen LogP contribution in [-0.4, -0.2) is 37.5 Å². The van der Waals surface area contributed by atoms with Crippen LogP contribution < -0.4 is 5.73 Å². The van der Waals surface area contributed by atoms with Crippen LogP contribution in [0.5, 0.6) is 0 Å². The average molecular weight is 271 g/mol. The number of ether oxygens (including phenoxy) is 1. The minimum atomic E-state index is -0.584. The summed E-state index contributed by atoms with van der Waals surface area (Å²) in [7, 11) is 3.28. The quantitative estimate of drug-likeness (QED) is 0.666. The molecule has 0 spiro atoms. The van der Waals surface area contributed by atoms with E-state index in [2.05, 4.69) is 0 Å². The van der Waals surface area contributed by atoms with E-state index in [1.807, 2.05) is 0 Å². The van der Waals surface area contributed by atoms with Crippen molar-refractivity contribution in [1.82, 2.24) is 4.90 Å². The summed E-state index contributed by atoms with van der Waals surface area (Å²) in [6.45, 7) is 0.0149. The number of amides is 1. The highest BCUT2D eigenvalue weighted by atomic mass is 35.5. The molecule has 0 unspecified atom stereocenters. The number of halogens is 1. The summed E-state index contributed by atoms with van der Waals surface area (Å²) in [5.74, 6) is -0.694. The van der Waals surface area contributed by atoms with Crippen LogP contribution >= 0.6 is 11.6 Å². The zero-order valence-electron chi connectivity index (χ0n) is 10.3. The topological polar surface area (TPSA) is 72.6 Å². The van der Waals surface area contributed by atoms with Crippen molar-refractivity contribution in [2.75, 3.05) is 26.4 Å². The highest BCUT2D eigenvalue weighted by Gasteiger charge is 2.13. The van der Waals surface area contributed by atoms with E-state index in [9.17, 15) is 9.59 Å². The van der Waals surface area contributed by atoms with Gasteiger partial charge < -0.3 is 15.4 Å². The average Bonchev–Trinajstić information content (AvgIpc) is 2.31. The number of benzene rings is 1. The smallest absolute Gasteiger partial charge is 0.339 e. The number of nitrogen functional groups attached to an aromatic ring is 1. The molecular weight excluding hydrogens is 256 g/mol. The summed E-state index contributed by atoms with van der Waals surface area (Å²) in [5, 5.41) is 0.271. The van der Waals surface area contributed by atoms with E-state index in [1.165, 1.54) is 17.0 Å². The third-order valence-electron chi connectivity index (χ3n) is 2.26. The van der Waals surface area contributed by atoms with Crippen molar-refractivity contribution >= 4 is 29.2 Å². The molecule has 1 aromatic rings. The molecular formula is C12H15ClN2O3. The van der Waals surface area contributed by atoms with Crippen molar-refractivity contribution in [3.63, 3.8) is 0 Å². The Kier molecular flexibility index (Phi) is 4.97. The predicted octanol–water partition coefficient (Wildman–Crippen LogP) is 1.56. The minimum Gasteiger partial charge on any atom is -0.462 e. The number of nitrogens with zero attached hydrogens (tertiary/aromatic N) is 1. The maximum absolute atomic E-state index is 11.7. The second kappa shape index (κ2) is 6.26. The molecule has 5 nitrogen and oxygen atoms in total. The van der Waals surface area contributed by atoms with Gasteiger partial charge in [0.25, 0.3) is 0 Å². The Morgan fingerprint density at radius 2 is 2.06 bits per heavy atom. The van der Waals surface area contributed by atoms with Gasteiger partial charge in [0, 0.05) is 19.8 Å². The lowest BCUT2D eigenvalue weighted by molar-refractivity contribution is -0.129. The van der Waals surface area contributed by atoms with E-state index in [-0.39, 0.29) is 29.5 Å². The lowest BCUT2D eigenvalue weighted by Gasteiger charge is -2.10. The first-order valence-electron chi connectivity index (χ1n) is 5.34. The Morgan fingerprint density at radius 3 is 2.67 bits per heavy atom. The Bertz CT molecular complexity index is 461. The summed E-state index contributed by atoms with van der Waals surface area (Å²) >= 11 is 5.85. The molecule has 0 atom stereocenters. The zero-order chi connectivity index (χ0) is 13.7. The molecule has 0 heterocycles. The lowest BCUT2D eigenvalue weighted by atomic mass is 10.2. The van der Waals surface area contributed by atoms with Crippen LogP contribution in [0, 0.1) is 0 Å². The van der Waals surface area contributed by atoms with Crippen molar-refractivity contribution < 1.29 is 14.3 Å². The zero-order valence-corrected chi connectivity index (χ0v) is 11.0. The highest BCUT2D eigenvalue weighted by Crippen LogP contribution is 2.19. The molecule has 0 bridgehead atoms. The lowest BCUT2D eigenvalue weighted by Crippen LogP contribution is -2.23. The van der Waals surface area contributed by atoms with Gasteiger partial charge in [0.1, 0.15) is 6.61 Å². The number of rotatable bonds is 4. The molecule has 2 N–H and O–H groups in total. The van der Waals surface area contributed by atoms with E-state index < -0.39 is 5.97 Å². The molecule has 1 rings (SSSR count).